The maximum Gasteiger partial charge on any atom is 0.114 e. The van der Waals surface area contributed by atoms with Crippen molar-refractivity contribution in [2.45, 2.75) is 5.37 Å². The van der Waals surface area contributed by atoms with E-state index in [0.29, 0.717) is 5.37 Å². The average molecular weight is 140 g/mol. The van der Waals surface area contributed by atoms with Crippen LogP contribution < -0.4 is 10.6 Å². The van der Waals surface area contributed by atoms with Gasteiger partial charge in [-0.25, -0.2) is 0 Å². The van der Waals surface area contributed by atoms with Gasteiger partial charge in [0.05, 0.1) is 5.88 Å². The van der Waals surface area contributed by atoms with E-state index < -0.39 is 0 Å². The van der Waals surface area contributed by atoms with Gasteiger partial charge in [0.2, 0.25) is 0 Å². The molecule has 0 amide bonds. The molecule has 0 radical (unpaired) electrons. The number of hydrogen-bond donors (Lipinski definition) is 2. The predicted molar refractivity (Wildman–Crippen MR) is 39.7 cm³/mol. The Balaban J connectivity index is 2.23. The monoisotopic (exact) mass is 140 g/mol. The van der Waals surface area contributed by atoms with Crippen LogP contribution in [-0.4, -0.2) is 11.3 Å². The number of dihydropyridines is 1. The largest absolute Gasteiger partial charge is 0.377 e. The summed E-state index contributed by atoms with van der Waals surface area (Å²) in [4.78, 5) is 0. The van der Waals surface area contributed by atoms with Crippen molar-refractivity contribution in [1.29, 1.82) is 0 Å². The highest BCUT2D eigenvalue weighted by Gasteiger charge is 2.19. The van der Waals surface area contributed by atoms with Gasteiger partial charge in [-0.15, -0.1) is 11.8 Å². The van der Waals surface area contributed by atoms with Crippen molar-refractivity contribution in [1.82, 2.24) is 10.6 Å². The van der Waals surface area contributed by atoms with Crippen LogP contribution in [0.4, 0.5) is 0 Å². The number of nitrogens with one attached hydrogen (secondary N) is 2. The van der Waals surface area contributed by atoms with E-state index in [2.05, 4.69) is 16.7 Å². The summed E-state index contributed by atoms with van der Waals surface area (Å²) in [5.74, 6) is 1.03. The highest BCUT2D eigenvalue weighted by atomic mass is 32.2. The van der Waals surface area contributed by atoms with Gasteiger partial charge in [-0.3, -0.25) is 0 Å². The number of rotatable bonds is 0. The highest BCUT2D eigenvalue weighted by Crippen LogP contribution is 2.22. The topological polar surface area (TPSA) is 24.1 Å². The van der Waals surface area contributed by atoms with E-state index in [4.69, 9.17) is 0 Å². The Labute approximate surface area is 58.4 Å². The van der Waals surface area contributed by atoms with Crippen LogP contribution in [0.15, 0.2) is 24.0 Å². The van der Waals surface area contributed by atoms with Crippen molar-refractivity contribution in [3.63, 3.8) is 0 Å². The molecule has 0 aromatic rings. The fraction of sp³-hybridized carbons (Fsp3) is 0.333. The molecule has 0 bridgehead atoms. The lowest BCUT2D eigenvalue weighted by Crippen LogP contribution is -2.24. The molecule has 1 fully saturated rings. The summed E-state index contributed by atoms with van der Waals surface area (Å²) >= 11 is 1.88. The lowest BCUT2D eigenvalue weighted by molar-refractivity contribution is 0.815. The molecule has 2 rings (SSSR count). The van der Waals surface area contributed by atoms with E-state index in [1.807, 2.05) is 24.0 Å². The first kappa shape index (κ1) is 5.23. The molecular formula is C6H8N2S. The van der Waals surface area contributed by atoms with Gasteiger partial charge in [0.15, 0.2) is 0 Å². The van der Waals surface area contributed by atoms with E-state index >= 15 is 0 Å². The third-order valence-corrected chi connectivity index (χ3v) is 2.46. The highest BCUT2D eigenvalue weighted by molar-refractivity contribution is 8.00. The van der Waals surface area contributed by atoms with Crippen LogP contribution in [-0.2, 0) is 0 Å². The molecule has 0 aromatic heterocycles. The maximum atomic E-state index is 3.27. The predicted octanol–water partition coefficient (Wildman–Crippen LogP) is 0.607. The molecule has 0 saturated carbocycles. The van der Waals surface area contributed by atoms with E-state index in [0.717, 1.165) is 5.88 Å². The molecular weight excluding hydrogens is 132 g/mol. The minimum Gasteiger partial charge on any atom is -0.377 e. The smallest absolute Gasteiger partial charge is 0.114 e. The Bertz CT molecular complexity index is 174. The fourth-order valence-electron chi connectivity index (χ4n) is 0.970. The maximum absolute atomic E-state index is 3.27. The van der Waals surface area contributed by atoms with E-state index in [-0.39, 0.29) is 0 Å². The molecule has 0 spiro atoms. The summed E-state index contributed by atoms with van der Waals surface area (Å²) in [7, 11) is 0. The summed E-state index contributed by atoms with van der Waals surface area (Å²) < 4.78 is 0. The second-order valence-electron chi connectivity index (χ2n) is 2.02. The molecule has 2 N–H and O–H groups in total. The van der Waals surface area contributed by atoms with Gasteiger partial charge in [-0.2, -0.15) is 0 Å². The van der Waals surface area contributed by atoms with Crippen molar-refractivity contribution in [3.05, 3.63) is 24.0 Å². The zero-order chi connectivity index (χ0) is 6.10. The van der Waals surface area contributed by atoms with Gasteiger partial charge in [-0.05, 0) is 18.4 Å². The van der Waals surface area contributed by atoms with Crippen LogP contribution in [0.2, 0.25) is 0 Å². The van der Waals surface area contributed by atoms with Crippen LogP contribution in [0, 0.1) is 0 Å². The zero-order valence-corrected chi connectivity index (χ0v) is 5.74. The van der Waals surface area contributed by atoms with Crippen LogP contribution in [0.1, 0.15) is 0 Å². The summed E-state index contributed by atoms with van der Waals surface area (Å²) in [5.41, 5.74) is 1.31. The quantitative estimate of drug-likeness (QED) is 0.515. The Kier molecular flexibility index (Phi) is 1.16. The number of fused-ring (bicyclic) bond motifs is 1. The standard InChI is InChI=1S/C6H8N2S/c1-2-5-6(7-3-1)9-4-8-5/h1-3,6-8H,4H2. The molecule has 2 aliphatic rings. The Morgan fingerprint density at radius 3 is 3.56 bits per heavy atom. The fourth-order valence-corrected chi connectivity index (χ4v) is 1.90. The third kappa shape index (κ3) is 0.812. The molecule has 1 atom stereocenters. The molecule has 2 aliphatic heterocycles. The molecule has 0 aromatic carbocycles. The van der Waals surface area contributed by atoms with E-state index in [9.17, 15) is 0 Å². The van der Waals surface area contributed by atoms with Crippen LogP contribution in [0.3, 0.4) is 0 Å². The minimum absolute atomic E-state index is 0.495. The van der Waals surface area contributed by atoms with Gasteiger partial charge < -0.3 is 10.6 Å². The Morgan fingerprint density at radius 1 is 1.67 bits per heavy atom. The Morgan fingerprint density at radius 2 is 2.67 bits per heavy atom. The van der Waals surface area contributed by atoms with Crippen LogP contribution in [0.25, 0.3) is 0 Å². The first-order valence-corrected chi connectivity index (χ1v) is 4.00. The van der Waals surface area contributed by atoms with E-state index in [1.165, 1.54) is 5.70 Å². The SMILES string of the molecule is C1=CNC2SCNC2=C1. The van der Waals surface area contributed by atoms with Crippen molar-refractivity contribution >= 4 is 11.8 Å². The zero-order valence-electron chi connectivity index (χ0n) is 4.92. The number of hydrogen-bond acceptors (Lipinski definition) is 3. The van der Waals surface area contributed by atoms with Gasteiger partial charge in [-0.1, -0.05) is 0 Å². The molecule has 3 heteroatoms. The molecule has 9 heavy (non-hydrogen) atoms. The van der Waals surface area contributed by atoms with Gasteiger partial charge in [0.1, 0.15) is 5.37 Å². The summed E-state index contributed by atoms with van der Waals surface area (Å²) in [6.07, 6.45) is 6.11. The molecule has 1 saturated heterocycles. The van der Waals surface area contributed by atoms with Crippen molar-refractivity contribution in [3.8, 4) is 0 Å². The van der Waals surface area contributed by atoms with Crippen LogP contribution in [0.5, 0.6) is 0 Å². The van der Waals surface area contributed by atoms with Crippen molar-refractivity contribution in [2.75, 3.05) is 5.88 Å². The summed E-state index contributed by atoms with van der Waals surface area (Å²) in [6, 6.07) is 0. The summed E-state index contributed by atoms with van der Waals surface area (Å²) in [6.45, 7) is 0. The molecule has 48 valence electrons. The molecule has 2 heterocycles. The number of thioether (sulfide) groups is 1. The number of allylic oxidation sites excluding steroid dienone is 2. The first-order chi connectivity index (χ1) is 4.47. The normalized spacial score (nSPS) is 30.2. The molecule has 1 unspecified atom stereocenters. The van der Waals surface area contributed by atoms with E-state index in [1.54, 1.807) is 0 Å². The minimum atomic E-state index is 0.495. The first-order valence-electron chi connectivity index (χ1n) is 2.95. The third-order valence-electron chi connectivity index (χ3n) is 1.43. The second kappa shape index (κ2) is 1.99. The second-order valence-corrected chi connectivity index (χ2v) is 3.11. The van der Waals surface area contributed by atoms with Crippen molar-refractivity contribution < 1.29 is 0 Å². The molecule has 0 aliphatic carbocycles. The van der Waals surface area contributed by atoms with Gasteiger partial charge >= 0.3 is 0 Å². The van der Waals surface area contributed by atoms with Crippen LogP contribution >= 0.6 is 11.8 Å². The summed E-state index contributed by atoms with van der Waals surface area (Å²) in [5, 5.41) is 7.00. The molecule has 2 nitrogen and oxygen atoms in total. The Hall–Kier alpha value is -0.570. The lowest BCUT2D eigenvalue weighted by Gasteiger charge is -2.12. The van der Waals surface area contributed by atoms with Gasteiger partial charge in [0.25, 0.3) is 0 Å². The lowest BCUT2D eigenvalue weighted by atomic mass is 10.3. The van der Waals surface area contributed by atoms with Gasteiger partial charge in [0, 0.05) is 5.70 Å². The average Bonchev–Trinajstić information content (AvgIpc) is 2.33. The van der Waals surface area contributed by atoms with Crippen molar-refractivity contribution in [2.24, 2.45) is 0 Å².